The van der Waals surface area contributed by atoms with Crippen LogP contribution in [0.25, 0.3) is 11.3 Å². The first kappa shape index (κ1) is 24.4. The molecule has 3 N–H and O–H groups in total. The van der Waals surface area contributed by atoms with E-state index in [1.807, 2.05) is 18.4 Å². The topological polar surface area (TPSA) is 80.2 Å². The summed E-state index contributed by atoms with van der Waals surface area (Å²) < 4.78 is 69.5. The number of nitrogens with two attached hydrogens (primary N) is 1. The molecule has 4 fully saturated rings. The standard InChI is InChI=1S/C24H30F5N5O/c1-13(2)19(35)21-32-17(14-7-16(24(27,28)29)20(30)31-11-14)12-34(21)18-10-22(8-15(18)9-22)33-5-3-23(25,26)4-6-33/h7,11-13,15,18-19,35H,3-6,8-10H2,1-2H3,(H2,30,31)/t15?,18-,19+,22?/m1/s1. The number of nitrogen functional groups attached to an aromatic ring is 1. The number of nitrogens with zero attached hydrogens (tertiary/aromatic N) is 4. The highest BCUT2D eigenvalue weighted by Crippen LogP contribution is 2.61. The second kappa shape index (κ2) is 8.12. The zero-order chi connectivity index (χ0) is 25.3. The molecule has 1 aliphatic heterocycles. The molecule has 6 rings (SSSR count). The van der Waals surface area contributed by atoms with Crippen LogP contribution in [0.1, 0.15) is 69.5 Å². The zero-order valence-corrected chi connectivity index (χ0v) is 19.7. The van der Waals surface area contributed by atoms with Crippen LogP contribution < -0.4 is 5.73 Å². The minimum absolute atomic E-state index is 0.00841. The maximum atomic E-state index is 13.7. The Hall–Kier alpha value is -2.27. The fourth-order valence-electron chi connectivity index (χ4n) is 6.10. The number of pyridine rings is 1. The second-order valence-electron chi connectivity index (χ2n) is 10.7. The maximum absolute atomic E-state index is 13.7. The summed E-state index contributed by atoms with van der Waals surface area (Å²) in [7, 11) is 0. The Bertz CT molecular complexity index is 1100. The normalized spacial score (nSPS) is 29.4. The largest absolute Gasteiger partial charge is 0.419 e. The van der Waals surface area contributed by atoms with Gasteiger partial charge in [0.2, 0.25) is 0 Å². The molecule has 0 unspecified atom stereocenters. The summed E-state index contributed by atoms with van der Waals surface area (Å²) in [5.41, 5.74) is 4.74. The molecule has 6 nitrogen and oxygen atoms in total. The third-order valence-electron chi connectivity index (χ3n) is 8.12. The number of aliphatic hydroxyl groups is 1. The number of aliphatic hydroxyl groups excluding tert-OH is 1. The predicted octanol–water partition coefficient (Wildman–Crippen LogP) is 5.06. The van der Waals surface area contributed by atoms with E-state index in [1.165, 1.54) is 6.20 Å². The predicted molar refractivity (Wildman–Crippen MR) is 120 cm³/mol. The molecule has 0 amide bonds. The summed E-state index contributed by atoms with van der Waals surface area (Å²) in [6, 6.07) is 0.927. The van der Waals surface area contributed by atoms with Gasteiger partial charge in [0.05, 0.1) is 11.3 Å². The van der Waals surface area contributed by atoms with Crippen LogP contribution in [0, 0.1) is 11.8 Å². The van der Waals surface area contributed by atoms with E-state index in [-0.39, 0.29) is 41.6 Å². The molecule has 0 radical (unpaired) electrons. The van der Waals surface area contributed by atoms with Crippen LogP contribution in [-0.2, 0) is 6.18 Å². The van der Waals surface area contributed by atoms with Gasteiger partial charge in [0.15, 0.2) is 0 Å². The van der Waals surface area contributed by atoms with E-state index in [4.69, 9.17) is 5.73 Å². The number of alkyl halides is 5. The summed E-state index contributed by atoms with van der Waals surface area (Å²) in [5.74, 6) is -2.67. The van der Waals surface area contributed by atoms with Crippen LogP contribution in [-0.4, -0.2) is 49.1 Å². The lowest BCUT2D eigenvalue weighted by Gasteiger charge is -2.50. The average molecular weight is 500 g/mol. The quantitative estimate of drug-likeness (QED) is 0.563. The van der Waals surface area contributed by atoms with E-state index in [9.17, 15) is 27.1 Å². The van der Waals surface area contributed by atoms with Crippen LogP contribution in [0.15, 0.2) is 18.5 Å². The molecule has 3 aliphatic carbocycles. The van der Waals surface area contributed by atoms with E-state index in [1.54, 1.807) is 6.20 Å². The Morgan fingerprint density at radius 2 is 1.80 bits per heavy atom. The number of piperidine rings is 1. The molecular weight excluding hydrogens is 469 g/mol. The molecule has 2 aromatic rings. The van der Waals surface area contributed by atoms with Crippen LogP contribution in [0.4, 0.5) is 27.8 Å². The number of rotatable bonds is 5. The Labute approximate surface area is 200 Å². The Morgan fingerprint density at radius 1 is 1.14 bits per heavy atom. The molecule has 1 saturated heterocycles. The molecule has 11 heteroatoms. The number of halogens is 5. The van der Waals surface area contributed by atoms with Crippen LogP contribution in [0.5, 0.6) is 0 Å². The molecule has 192 valence electrons. The third kappa shape index (κ3) is 4.20. The maximum Gasteiger partial charge on any atom is 0.419 e. The van der Waals surface area contributed by atoms with Gasteiger partial charge in [-0.05, 0) is 37.2 Å². The summed E-state index contributed by atoms with van der Waals surface area (Å²) in [5, 5.41) is 10.9. The SMILES string of the molecule is CC(C)[C@H](O)c1nc(-c2cnc(N)c(C(F)(F)F)c2)cn1[C@@H]1CC2(N3CCC(F)(F)CC3)CC1C2. The number of likely N-dealkylation sites (tertiary alicyclic amines) is 1. The van der Waals surface area contributed by atoms with Crippen molar-refractivity contribution in [3.8, 4) is 11.3 Å². The number of hydrogen-bond acceptors (Lipinski definition) is 5. The Morgan fingerprint density at radius 3 is 2.40 bits per heavy atom. The number of fused-ring (bicyclic) bond motifs is 1. The molecular formula is C24H30F5N5O. The highest BCUT2D eigenvalue weighted by molar-refractivity contribution is 5.62. The molecule has 2 atom stereocenters. The van der Waals surface area contributed by atoms with E-state index in [0.29, 0.717) is 24.8 Å². The van der Waals surface area contributed by atoms with Crippen molar-refractivity contribution in [2.24, 2.45) is 11.8 Å². The lowest BCUT2D eigenvalue weighted by molar-refractivity contribution is -0.137. The molecule has 0 spiro atoms. The minimum atomic E-state index is -4.65. The van der Waals surface area contributed by atoms with E-state index in [0.717, 1.165) is 25.3 Å². The molecule has 4 aliphatic rings. The number of aromatic nitrogens is 3. The monoisotopic (exact) mass is 499 g/mol. The van der Waals surface area contributed by atoms with Crippen LogP contribution in [0.3, 0.4) is 0 Å². The van der Waals surface area contributed by atoms with Crippen molar-refractivity contribution >= 4 is 5.82 Å². The van der Waals surface area contributed by atoms with E-state index >= 15 is 0 Å². The summed E-state index contributed by atoms with van der Waals surface area (Å²) in [6.07, 6.45) is -0.374. The second-order valence-corrected chi connectivity index (χ2v) is 10.7. The molecule has 2 bridgehead atoms. The summed E-state index contributed by atoms with van der Waals surface area (Å²) >= 11 is 0. The molecule has 0 aromatic carbocycles. The molecule has 3 heterocycles. The lowest BCUT2D eigenvalue weighted by atomic mass is 9.74. The summed E-state index contributed by atoms with van der Waals surface area (Å²) in [6.45, 7) is 4.42. The number of hydrogen-bond donors (Lipinski definition) is 2. The van der Waals surface area contributed by atoms with Crippen molar-refractivity contribution < 1.29 is 27.1 Å². The van der Waals surface area contributed by atoms with Crippen LogP contribution in [0.2, 0.25) is 0 Å². The first-order valence-corrected chi connectivity index (χ1v) is 12.0. The van der Waals surface area contributed by atoms with Gasteiger partial charge < -0.3 is 15.4 Å². The molecule has 35 heavy (non-hydrogen) atoms. The van der Waals surface area contributed by atoms with Gasteiger partial charge in [-0.2, -0.15) is 13.2 Å². The fourth-order valence-corrected chi connectivity index (χ4v) is 6.10. The van der Waals surface area contributed by atoms with Gasteiger partial charge in [0, 0.05) is 55.5 Å². The van der Waals surface area contributed by atoms with Gasteiger partial charge in [-0.25, -0.2) is 18.7 Å². The third-order valence-corrected chi connectivity index (χ3v) is 8.12. The highest BCUT2D eigenvalue weighted by Gasteiger charge is 2.60. The van der Waals surface area contributed by atoms with Crippen molar-refractivity contribution in [3.63, 3.8) is 0 Å². The number of imidazole rings is 1. The highest BCUT2D eigenvalue weighted by atomic mass is 19.4. The van der Waals surface area contributed by atoms with Gasteiger partial charge in [0.25, 0.3) is 5.92 Å². The van der Waals surface area contributed by atoms with Gasteiger partial charge >= 0.3 is 6.18 Å². The fraction of sp³-hybridized carbons (Fsp3) is 0.667. The Kier molecular flexibility index (Phi) is 5.67. The Balaban J connectivity index is 1.47. The molecule has 2 aromatic heterocycles. The van der Waals surface area contributed by atoms with Gasteiger partial charge in [-0.1, -0.05) is 13.8 Å². The van der Waals surface area contributed by atoms with Gasteiger partial charge in [0.1, 0.15) is 17.7 Å². The first-order chi connectivity index (χ1) is 16.3. The van der Waals surface area contributed by atoms with Crippen molar-refractivity contribution in [2.75, 3.05) is 18.8 Å². The number of anilines is 1. The average Bonchev–Trinajstić information content (AvgIpc) is 3.43. The van der Waals surface area contributed by atoms with Crippen molar-refractivity contribution in [2.45, 2.75) is 75.7 Å². The van der Waals surface area contributed by atoms with E-state index < -0.39 is 29.6 Å². The van der Waals surface area contributed by atoms with Crippen molar-refractivity contribution in [1.82, 2.24) is 19.4 Å². The smallest absolute Gasteiger partial charge is 0.385 e. The van der Waals surface area contributed by atoms with Gasteiger partial charge in [-0.15, -0.1) is 0 Å². The zero-order valence-electron chi connectivity index (χ0n) is 19.7. The van der Waals surface area contributed by atoms with Crippen LogP contribution >= 0.6 is 0 Å². The first-order valence-electron chi connectivity index (χ1n) is 12.0. The summed E-state index contributed by atoms with van der Waals surface area (Å²) in [4.78, 5) is 10.5. The molecule has 3 saturated carbocycles. The lowest BCUT2D eigenvalue weighted by Crippen LogP contribution is -2.56. The van der Waals surface area contributed by atoms with Crippen molar-refractivity contribution in [3.05, 3.63) is 29.8 Å². The van der Waals surface area contributed by atoms with Gasteiger partial charge in [-0.3, -0.25) is 4.90 Å². The van der Waals surface area contributed by atoms with E-state index in [2.05, 4.69) is 14.9 Å². The van der Waals surface area contributed by atoms with Crippen molar-refractivity contribution in [1.29, 1.82) is 0 Å². The minimum Gasteiger partial charge on any atom is -0.385 e.